The Morgan fingerprint density at radius 3 is 2.73 bits per heavy atom. The number of thiophene rings is 1. The van der Waals surface area contributed by atoms with Crippen molar-refractivity contribution in [1.29, 1.82) is 0 Å². The predicted molar refractivity (Wildman–Crippen MR) is 107 cm³/mol. The number of rotatable bonds is 6. The molecule has 1 aromatic carbocycles. The molecule has 0 bridgehead atoms. The number of benzene rings is 1. The number of ketones is 1. The molecule has 0 aliphatic heterocycles. The Bertz CT molecular complexity index is 991. The number of hydrogen-bond acceptors (Lipinski definition) is 7. The summed E-state index contributed by atoms with van der Waals surface area (Å²) >= 11 is 13.4. The molecule has 2 aromatic heterocycles. The number of carbonyl (C=O) groups excluding carboxylic acids is 1. The minimum atomic E-state index is -0.125. The molecule has 0 amide bonds. The van der Waals surface area contributed by atoms with E-state index in [1.165, 1.54) is 18.3 Å². The molecule has 6 nitrogen and oxygen atoms in total. The van der Waals surface area contributed by atoms with Gasteiger partial charge in [-0.3, -0.25) is 4.79 Å². The summed E-state index contributed by atoms with van der Waals surface area (Å²) in [6.45, 7) is 2.05. The fraction of sp³-hybridized carbons (Fsp3) is 0.235. The Morgan fingerprint density at radius 1 is 1.31 bits per heavy atom. The Labute approximate surface area is 164 Å². The Kier molecular flexibility index (Phi) is 5.62. The maximum atomic E-state index is 11.9. The first-order valence-corrected chi connectivity index (χ1v) is 9.40. The number of nitrogens with two attached hydrogens (primary N) is 1. The standard InChI is InChI=1S/C17H16Cl2N4O2S/c1-8(25)15-13(20)12-14(9-3-4-10(18)11(19)7-9)22-17(21-5-2-6-24)23-16(12)26-15/h3-4,7,24H,2,5-6,20H2,1H3,(H,21,22,23). The van der Waals surface area contributed by atoms with Crippen LogP contribution in [0.5, 0.6) is 0 Å². The highest BCUT2D eigenvalue weighted by Gasteiger charge is 2.20. The van der Waals surface area contributed by atoms with E-state index in [0.717, 1.165) is 5.56 Å². The van der Waals surface area contributed by atoms with E-state index >= 15 is 0 Å². The van der Waals surface area contributed by atoms with Crippen LogP contribution < -0.4 is 11.1 Å². The zero-order valence-electron chi connectivity index (χ0n) is 13.8. The van der Waals surface area contributed by atoms with Crippen LogP contribution in [0.2, 0.25) is 10.0 Å². The minimum Gasteiger partial charge on any atom is -0.397 e. The fourth-order valence-corrected chi connectivity index (χ4v) is 3.78. The van der Waals surface area contributed by atoms with E-state index in [-0.39, 0.29) is 12.4 Å². The first-order valence-electron chi connectivity index (χ1n) is 7.83. The van der Waals surface area contributed by atoms with E-state index in [2.05, 4.69) is 15.3 Å². The Hall–Kier alpha value is -1.93. The van der Waals surface area contributed by atoms with Crippen molar-refractivity contribution in [3.63, 3.8) is 0 Å². The molecular weight excluding hydrogens is 395 g/mol. The number of nitrogens with zero attached hydrogens (tertiary/aromatic N) is 2. The quantitative estimate of drug-likeness (QED) is 0.414. The molecule has 0 aliphatic carbocycles. The highest BCUT2D eigenvalue weighted by atomic mass is 35.5. The van der Waals surface area contributed by atoms with Gasteiger partial charge in [-0.25, -0.2) is 9.97 Å². The molecule has 0 radical (unpaired) electrons. The van der Waals surface area contributed by atoms with Crippen LogP contribution >= 0.6 is 34.5 Å². The summed E-state index contributed by atoms with van der Waals surface area (Å²) < 4.78 is 0. The number of Topliss-reactive ketones (excluding diaryl/α,β-unsaturated/α-hetero) is 1. The molecular formula is C17H16Cl2N4O2S. The molecule has 0 unspecified atom stereocenters. The van der Waals surface area contributed by atoms with Crippen LogP contribution in [0.1, 0.15) is 23.0 Å². The summed E-state index contributed by atoms with van der Waals surface area (Å²) in [4.78, 5) is 22.0. The summed E-state index contributed by atoms with van der Waals surface area (Å²) in [5.41, 5.74) is 7.87. The third kappa shape index (κ3) is 3.61. The first-order chi connectivity index (χ1) is 12.4. The van der Waals surface area contributed by atoms with E-state index in [4.69, 9.17) is 34.0 Å². The second-order valence-corrected chi connectivity index (χ2v) is 7.42. The zero-order chi connectivity index (χ0) is 18.8. The summed E-state index contributed by atoms with van der Waals surface area (Å²) in [7, 11) is 0. The van der Waals surface area contributed by atoms with E-state index in [0.29, 0.717) is 55.4 Å². The SMILES string of the molecule is CC(=O)c1sc2nc(NCCCO)nc(-c3ccc(Cl)c(Cl)c3)c2c1N. The van der Waals surface area contributed by atoms with Crippen molar-refractivity contribution in [2.24, 2.45) is 0 Å². The van der Waals surface area contributed by atoms with Crippen LogP contribution in [0.25, 0.3) is 21.5 Å². The molecule has 2 heterocycles. The molecule has 0 atom stereocenters. The van der Waals surface area contributed by atoms with Gasteiger partial charge in [0, 0.05) is 25.6 Å². The van der Waals surface area contributed by atoms with E-state index in [1.54, 1.807) is 18.2 Å². The largest absolute Gasteiger partial charge is 0.397 e. The number of halogens is 2. The number of fused-ring (bicyclic) bond motifs is 1. The molecule has 136 valence electrons. The summed E-state index contributed by atoms with van der Waals surface area (Å²) in [5.74, 6) is 0.267. The van der Waals surface area contributed by atoms with Gasteiger partial charge >= 0.3 is 0 Å². The highest BCUT2D eigenvalue weighted by molar-refractivity contribution is 7.21. The maximum Gasteiger partial charge on any atom is 0.224 e. The van der Waals surface area contributed by atoms with Gasteiger partial charge in [0.1, 0.15) is 4.83 Å². The topological polar surface area (TPSA) is 101 Å². The normalized spacial score (nSPS) is 11.1. The number of hydrogen-bond donors (Lipinski definition) is 3. The molecule has 0 spiro atoms. The van der Waals surface area contributed by atoms with Crippen LogP contribution in [0, 0.1) is 0 Å². The predicted octanol–water partition coefficient (Wildman–Crippen LogP) is 4.24. The average Bonchev–Trinajstić information content (AvgIpc) is 2.94. The first kappa shape index (κ1) is 18.8. The van der Waals surface area contributed by atoms with E-state index < -0.39 is 0 Å². The van der Waals surface area contributed by atoms with E-state index in [9.17, 15) is 4.79 Å². The third-order valence-corrected chi connectivity index (χ3v) is 5.66. The van der Waals surface area contributed by atoms with Gasteiger partial charge in [-0.15, -0.1) is 11.3 Å². The zero-order valence-corrected chi connectivity index (χ0v) is 16.2. The van der Waals surface area contributed by atoms with Crippen LogP contribution in [0.3, 0.4) is 0 Å². The van der Waals surface area contributed by atoms with Crippen molar-refractivity contribution in [2.45, 2.75) is 13.3 Å². The van der Waals surface area contributed by atoms with Crippen molar-refractivity contribution >= 4 is 62.2 Å². The average molecular weight is 411 g/mol. The van der Waals surface area contributed by atoms with Crippen molar-refractivity contribution in [3.05, 3.63) is 33.1 Å². The number of nitrogens with one attached hydrogen (secondary N) is 1. The van der Waals surface area contributed by atoms with Gasteiger partial charge in [0.2, 0.25) is 5.95 Å². The third-order valence-electron chi connectivity index (χ3n) is 3.72. The maximum absolute atomic E-state index is 11.9. The van der Waals surface area contributed by atoms with Gasteiger partial charge in [-0.05, 0) is 18.6 Å². The number of aromatic nitrogens is 2. The van der Waals surface area contributed by atoms with Gasteiger partial charge in [0.05, 0.1) is 31.7 Å². The lowest BCUT2D eigenvalue weighted by molar-refractivity contribution is 0.102. The molecule has 0 aliphatic rings. The molecule has 0 saturated carbocycles. The summed E-state index contributed by atoms with van der Waals surface area (Å²) in [6.07, 6.45) is 0.564. The van der Waals surface area contributed by atoms with Gasteiger partial charge < -0.3 is 16.2 Å². The lowest BCUT2D eigenvalue weighted by Gasteiger charge is -2.09. The second kappa shape index (κ2) is 7.75. The minimum absolute atomic E-state index is 0.0648. The number of anilines is 2. The lowest BCUT2D eigenvalue weighted by Crippen LogP contribution is -2.07. The molecule has 0 fully saturated rings. The fourth-order valence-electron chi connectivity index (χ4n) is 2.49. The van der Waals surface area contributed by atoms with Crippen LogP contribution in [0.4, 0.5) is 11.6 Å². The Morgan fingerprint density at radius 2 is 2.08 bits per heavy atom. The van der Waals surface area contributed by atoms with Crippen molar-refractivity contribution in [3.8, 4) is 11.3 Å². The number of nitrogen functional groups attached to an aromatic ring is 1. The van der Waals surface area contributed by atoms with E-state index in [1.807, 2.05) is 0 Å². The van der Waals surface area contributed by atoms with Gasteiger partial charge in [0.25, 0.3) is 0 Å². The second-order valence-electron chi connectivity index (χ2n) is 5.61. The van der Waals surface area contributed by atoms with Gasteiger partial charge in [-0.2, -0.15) is 0 Å². The summed E-state index contributed by atoms with van der Waals surface area (Å²) in [5, 5.41) is 13.5. The molecule has 26 heavy (non-hydrogen) atoms. The monoisotopic (exact) mass is 410 g/mol. The number of carbonyl (C=O) groups is 1. The molecule has 3 aromatic rings. The highest BCUT2D eigenvalue weighted by Crippen LogP contribution is 2.40. The van der Waals surface area contributed by atoms with Crippen molar-refractivity contribution in [2.75, 3.05) is 24.2 Å². The number of aliphatic hydroxyl groups is 1. The molecule has 0 saturated heterocycles. The number of aliphatic hydroxyl groups excluding tert-OH is 1. The van der Waals surface area contributed by atoms with Crippen molar-refractivity contribution in [1.82, 2.24) is 9.97 Å². The molecule has 3 rings (SSSR count). The van der Waals surface area contributed by atoms with Crippen LogP contribution in [0.15, 0.2) is 18.2 Å². The van der Waals surface area contributed by atoms with Crippen molar-refractivity contribution < 1.29 is 9.90 Å². The molecule has 4 N–H and O–H groups in total. The van der Waals surface area contributed by atoms with Crippen LogP contribution in [-0.4, -0.2) is 34.0 Å². The van der Waals surface area contributed by atoms with Gasteiger partial charge in [0.15, 0.2) is 5.78 Å². The van der Waals surface area contributed by atoms with Crippen LogP contribution in [-0.2, 0) is 0 Å². The molecule has 9 heteroatoms. The summed E-state index contributed by atoms with van der Waals surface area (Å²) in [6, 6.07) is 5.17. The lowest BCUT2D eigenvalue weighted by atomic mass is 10.1. The smallest absolute Gasteiger partial charge is 0.224 e. The Balaban J connectivity index is 2.22. The van der Waals surface area contributed by atoms with Gasteiger partial charge in [-0.1, -0.05) is 29.3 Å².